The van der Waals surface area contributed by atoms with E-state index in [4.69, 9.17) is 5.11 Å². The number of hydrogen-bond donors (Lipinski definition) is 1. The Morgan fingerprint density at radius 1 is 1.38 bits per heavy atom. The monoisotopic (exact) mass is 181 g/mol. The fourth-order valence-corrected chi connectivity index (χ4v) is 1.29. The molecule has 0 spiro atoms. The number of carboxylic acids is 1. The van der Waals surface area contributed by atoms with Crippen molar-refractivity contribution in [2.75, 3.05) is 0 Å². The lowest BCUT2D eigenvalue weighted by Gasteiger charge is -2.02. The average molecular weight is 181 g/mol. The van der Waals surface area contributed by atoms with Crippen molar-refractivity contribution in [2.24, 2.45) is 0 Å². The molecular formula is C9H11NO3. The van der Waals surface area contributed by atoms with E-state index in [1.54, 1.807) is 13.8 Å². The topological polar surface area (TPSA) is 59.3 Å². The number of aromatic carboxylic acids is 1. The first-order valence-corrected chi connectivity index (χ1v) is 3.88. The summed E-state index contributed by atoms with van der Waals surface area (Å²) in [7, 11) is 0. The summed E-state index contributed by atoms with van der Waals surface area (Å²) in [5, 5.41) is 8.78. The van der Waals surface area contributed by atoms with Gasteiger partial charge in [0.15, 0.2) is 0 Å². The zero-order chi connectivity index (χ0) is 10.2. The van der Waals surface area contributed by atoms with Crippen LogP contribution in [0, 0.1) is 13.8 Å². The third-order valence-corrected chi connectivity index (χ3v) is 2.03. The largest absolute Gasteiger partial charge is 0.477 e. The second kappa shape index (κ2) is 3.05. The Labute approximate surface area is 75.8 Å². The van der Waals surface area contributed by atoms with Crippen LogP contribution in [0.3, 0.4) is 0 Å². The SMILES string of the molecule is CC(=O)n1c(C(=O)O)cc(C)c1C. The molecule has 0 saturated heterocycles. The Balaban J connectivity index is 3.44. The molecule has 0 unspecified atom stereocenters. The van der Waals surface area contributed by atoms with E-state index in [0.29, 0.717) is 5.69 Å². The van der Waals surface area contributed by atoms with Crippen LogP contribution in [-0.4, -0.2) is 21.6 Å². The molecule has 0 saturated carbocycles. The molecule has 13 heavy (non-hydrogen) atoms. The molecule has 1 aromatic rings. The lowest BCUT2D eigenvalue weighted by molar-refractivity contribution is 0.0674. The Bertz CT molecular complexity index is 376. The van der Waals surface area contributed by atoms with Gasteiger partial charge in [-0.3, -0.25) is 9.36 Å². The van der Waals surface area contributed by atoms with Gasteiger partial charge in [0.2, 0.25) is 5.91 Å². The fraction of sp³-hybridized carbons (Fsp3) is 0.333. The number of carbonyl (C=O) groups excluding carboxylic acids is 1. The summed E-state index contributed by atoms with van der Waals surface area (Å²) < 4.78 is 1.21. The van der Waals surface area contributed by atoms with Crippen molar-refractivity contribution in [3.05, 3.63) is 23.0 Å². The molecule has 0 atom stereocenters. The van der Waals surface area contributed by atoms with Crippen molar-refractivity contribution in [1.29, 1.82) is 0 Å². The van der Waals surface area contributed by atoms with Gasteiger partial charge in [-0.2, -0.15) is 0 Å². The molecule has 0 aliphatic heterocycles. The zero-order valence-electron chi connectivity index (χ0n) is 7.79. The van der Waals surface area contributed by atoms with Gasteiger partial charge in [0.05, 0.1) is 0 Å². The second-order valence-corrected chi connectivity index (χ2v) is 2.96. The molecule has 1 N–H and O–H groups in total. The van der Waals surface area contributed by atoms with E-state index in [2.05, 4.69) is 0 Å². The van der Waals surface area contributed by atoms with Crippen molar-refractivity contribution in [1.82, 2.24) is 4.57 Å². The summed E-state index contributed by atoms with van der Waals surface area (Å²) in [4.78, 5) is 21.8. The quantitative estimate of drug-likeness (QED) is 0.713. The van der Waals surface area contributed by atoms with Gasteiger partial charge in [-0.05, 0) is 25.5 Å². The molecule has 0 bridgehead atoms. The molecule has 0 radical (unpaired) electrons. The number of nitrogens with zero attached hydrogens (tertiary/aromatic N) is 1. The third-order valence-electron chi connectivity index (χ3n) is 2.03. The summed E-state index contributed by atoms with van der Waals surface area (Å²) in [5.41, 5.74) is 1.53. The number of carboxylic acid groups (broad SMARTS) is 1. The molecule has 4 nitrogen and oxygen atoms in total. The van der Waals surface area contributed by atoms with E-state index < -0.39 is 5.97 Å². The lowest BCUT2D eigenvalue weighted by Crippen LogP contribution is -2.14. The second-order valence-electron chi connectivity index (χ2n) is 2.96. The Hall–Kier alpha value is -1.58. The minimum atomic E-state index is -1.08. The van der Waals surface area contributed by atoms with Gasteiger partial charge in [0.25, 0.3) is 0 Å². The zero-order valence-corrected chi connectivity index (χ0v) is 7.79. The van der Waals surface area contributed by atoms with Gasteiger partial charge in [-0.15, -0.1) is 0 Å². The van der Waals surface area contributed by atoms with E-state index in [1.165, 1.54) is 17.6 Å². The van der Waals surface area contributed by atoms with Crippen LogP contribution < -0.4 is 0 Å². The van der Waals surface area contributed by atoms with Crippen LogP contribution in [0.25, 0.3) is 0 Å². The molecule has 1 rings (SSSR count). The minimum absolute atomic E-state index is 0.0301. The first-order chi connectivity index (χ1) is 5.95. The molecule has 4 heteroatoms. The molecular weight excluding hydrogens is 170 g/mol. The third kappa shape index (κ3) is 1.47. The number of aromatic nitrogens is 1. The van der Waals surface area contributed by atoms with E-state index >= 15 is 0 Å². The van der Waals surface area contributed by atoms with Crippen molar-refractivity contribution in [3.8, 4) is 0 Å². The van der Waals surface area contributed by atoms with Crippen molar-refractivity contribution in [2.45, 2.75) is 20.8 Å². The normalized spacial score (nSPS) is 10.1. The van der Waals surface area contributed by atoms with Gasteiger partial charge < -0.3 is 5.11 Å². The Morgan fingerprint density at radius 2 is 1.92 bits per heavy atom. The molecule has 1 aromatic heterocycles. The highest BCUT2D eigenvalue weighted by atomic mass is 16.4. The van der Waals surface area contributed by atoms with Crippen LogP contribution in [0.2, 0.25) is 0 Å². The summed E-state index contributed by atoms with van der Waals surface area (Å²) in [6.45, 7) is 4.85. The summed E-state index contributed by atoms with van der Waals surface area (Å²) in [6.07, 6.45) is 0. The van der Waals surface area contributed by atoms with Crippen molar-refractivity contribution < 1.29 is 14.7 Å². The lowest BCUT2D eigenvalue weighted by atomic mass is 10.3. The maximum atomic E-state index is 11.1. The van der Waals surface area contributed by atoms with Crippen molar-refractivity contribution >= 4 is 11.9 Å². The summed E-state index contributed by atoms with van der Waals surface area (Å²) in [5.74, 6) is -1.35. The van der Waals surface area contributed by atoms with Crippen LogP contribution in [-0.2, 0) is 0 Å². The number of carbonyl (C=O) groups is 2. The molecule has 0 aliphatic carbocycles. The van der Waals surface area contributed by atoms with Gasteiger partial charge in [0.1, 0.15) is 5.69 Å². The van der Waals surface area contributed by atoms with Crippen LogP contribution in [0.5, 0.6) is 0 Å². The highest BCUT2D eigenvalue weighted by Gasteiger charge is 2.16. The summed E-state index contributed by atoms with van der Waals surface area (Å²) in [6, 6.07) is 1.50. The highest BCUT2D eigenvalue weighted by Crippen LogP contribution is 2.14. The van der Waals surface area contributed by atoms with Crippen LogP contribution in [0.1, 0.15) is 33.5 Å². The predicted octanol–water partition coefficient (Wildman–Crippen LogP) is 1.46. The highest BCUT2D eigenvalue weighted by molar-refractivity contribution is 5.92. The van der Waals surface area contributed by atoms with E-state index in [0.717, 1.165) is 5.56 Å². The smallest absolute Gasteiger partial charge is 0.352 e. The van der Waals surface area contributed by atoms with E-state index in [1.807, 2.05) is 0 Å². The standard InChI is InChI=1S/C9H11NO3/c1-5-4-8(9(12)13)10(6(5)2)7(3)11/h4H,1-3H3,(H,12,13). The Morgan fingerprint density at radius 3 is 2.23 bits per heavy atom. The van der Waals surface area contributed by atoms with Crippen LogP contribution in [0.15, 0.2) is 6.07 Å². The predicted molar refractivity (Wildman–Crippen MR) is 47.2 cm³/mol. The average Bonchev–Trinajstić information content (AvgIpc) is 2.28. The van der Waals surface area contributed by atoms with Crippen molar-refractivity contribution in [3.63, 3.8) is 0 Å². The van der Waals surface area contributed by atoms with Gasteiger partial charge in [0, 0.05) is 12.6 Å². The van der Waals surface area contributed by atoms with Crippen LogP contribution in [0.4, 0.5) is 0 Å². The number of rotatable bonds is 1. The molecule has 0 amide bonds. The molecule has 0 aromatic carbocycles. The van der Waals surface area contributed by atoms with Gasteiger partial charge >= 0.3 is 5.97 Å². The van der Waals surface area contributed by atoms with E-state index in [-0.39, 0.29) is 11.6 Å². The first kappa shape index (κ1) is 9.51. The number of aryl methyl sites for hydroxylation is 1. The maximum Gasteiger partial charge on any atom is 0.352 e. The first-order valence-electron chi connectivity index (χ1n) is 3.88. The minimum Gasteiger partial charge on any atom is -0.477 e. The molecule has 0 aliphatic rings. The van der Waals surface area contributed by atoms with Crippen LogP contribution >= 0.6 is 0 Å². The maximum absolute atomic E-state index is 11.1. The van der Waals surface area contributed by atoms with Gasteiger partial charge in [-0.1, -0.05) is 0 Å². The van der Waals surface area contributed by atoms with Gasteiger partial charge in [-0.25, -0.2) is 4.79 Å². The molecule has 1 heterocycles. The van der Waals surface area contributed by atoms with E-state index in [9.17, 15) is 9.59 Å². The fourth-order valence-electron chi connectivity index (χ4n) is 1.29. The summed E-state index contributed by atoms with van der Waals surface area (Å²) >= 11 is 0. The number of hydrogen-bond acceptors (Lipinski definition) is 2. The molecule has 70 valence electrons. The molecule has 0 fully saturated rings. The Kier molecular flexibility index (Phi) is 2.23.